The summed E-state index contributed by atoms with van der Waals surface area (Å²) in [6.45, 7) is 2.68. The highest BCUT2D eigenvalue weighted by molar-refractivity contribution is 5.19. The van der Waals surface area contributed by atoms with Crippen molar-refractivity contribution in [2.75, 3.05) is 6.61 Å². The van der Waals surface area contributed by atoms with E-state index in [0.717, 1.165) is 5.69 Å². The van der Waals surface area contributed by atoms with Gasteiger partial charge in [0.25, 0.3) is 0 Å². The van der Waals surface area contributed by atoms with E-state index < -0.39 is 0 Å². The van der Waals surface area contributed by atoms with Crippen LogP contribution in [0.2, 0.25) is 0 Å². The van der Waals surface area contributed by atoms with Crippen molar-refractivity contribution in [2.24, 2.45) is 5.73 Å². The quantitative estimate of drug-likeness (QED) is 0.727. The van der Waals surface area contributed by atoms with Gasteiger partial charge in [0.05, 0.1) is 24.6 Å². The van der Waals surface area contributed by atoms with Crippen molar-refractivity contribution in [3.63, 3.8) is 0 Å². The molecular formula is C10H16N2O2. The second-order valence-corrected chi connectivity index (χ2v) is 3.18. The maximum absolute atomic E-state index is 9.00. The molecule has 0 amide bonds. The molecule has 14 heavy (non-hydrogen) atoms. The molecule has 3 N–H and O–H groups in total. The van der Waals surface area contributed by atoms with Crippen molar-refractivity contribution < 1.29 is 9.84 Å². The first kappa shape index (κ1) is 10.9. The molecule has 0 aliphatic heterocycles. The third-order valence-corrected chi connectivity index (χ3v) is 1.81. The van der Waals surface area contributed by atoms with Gasteiger partial charge in [0.2, 0.25) is 0 Å². The standard InChI is InChI=1S/C10H16N2O2/c1-8(13)4-5-14-10-3-2-9(6-11)12-7-10/h2-3,7-8,13H,4-6,11H2,1H3. The molecule has 0 fully saturated rings. The van der Waals surface area contributed by atoms with Gasteiger partial charge in [-0.3, -0.25) is 4.98 Å². The van der Waals surface area contributed by atoms with E-state index in [1.165, 1.54) is 0 Å². The van der Waals surface area contributed by atoms with Crippen molar-refractivity contribution in [3.8, 4) is 5.75 Å². The number of hydrogen-bond acceptors (Lipinski definition) is 4. The van der Waals surface area contributed by atoms with E-state index in [1.807, 2.05) is 12.1 Å². The molecule has 1 aromatic rings. The summed E-state index contributed by atoms with van der Waals surface area (Å²) in [5, 5.41) is 9.00. The molecule has 1 aromatic heterocycles. The van der Waals surface area contributed by atoms with Gasteiger partial charge in [-0.15, -0.1) is 0 Å². The molecule has 0 saturated heterocycles. The van der Waals surface area contributed by atoms with Crippen LogP contribution in [0.25, 0.3) is 0 Å². The number of hydrogen-bond donors (Lipinski definition) is 2. The second kappa shape index (κ2) is 5.57. The number of pyridine rings is 1. The molecule has 0 aliphatic carbocycles. The van der Waals surface area contributed by atoms with E-state index in [4.69, 9.17) is 15.6 Å². The van der Waals surface area contributed by atoms with Crippen LogP contribution in [0.5, 0.6) is 5.75 Å². The number of aliphatic hydroxyl groups is 1. The first-order valence-corrected chi connectivity index (χ1v) is 4.68. The summed E-state index contributed by atoms with van der Waals surface area (Å²) >= 11 is 0. The highest BCUT2D eigenvalue weighted by atomic mass is 16.5. The van der Waals surface area contributed by atoms with E-state index in [1.54, 1.807) is 13.1 Å². The van der Waals surface area contributed by atoms with Crippen molar-refractivity contribution in [1.29, 1.82) is 0 Å². The first-order chi connectivity index (χ1) is 6.72. The van der Waals surface area contributed by atoms with Gasteiger partial charge in [-0.25, -0.2) is 0 Å². The van der Waals surface area contributed by atoms with Crippen molar-refractivity contribution >= 4 is 0 Å². The smallest absolute Gasteiger partial charge is 0.137 e. The predicted octanol–water partition coefficient (Wildman–Crippen LogP) is 0.690. The van der Waals surface area contributed by atoms with Gasteiger partial charge < -0.3 is 15.6 Å². The molecule has 0 spiro atoms. The lowest BCUT2D eigenvalue weighted by Gasteiger charge is -2.07. The predicted molar refractivity (Wildman–Crippen MR) is 53.9 cm³/mol. The molecule has 0 saturated carbocycles. The SMILES string of the molecule is CC(O)CCOc1ccc(CN)nc1. The van der Waals surface area contributed by atoms with Gasteiger partial charge in [-0.2, -0.15) is 0 Å². The zero-order chi connectivity index (χ0) is 10.4. The van der Waals surface area contributed by atoms with Gasteiger partial charge in [0.1, 0.15) is 5.75 Å². The van der Waals surface area contributed by atoms with Gasteiger partial charge in [0, 0.05) is 13.0 Å². The zero-order valence-electron chi connectivity index (χ0n) is 8.31. The first-order valence-electron chi connectivity index (χ1n) is 4.68. The van der Waals surface area contributed by atoms with Gasteiger partial charge in [0.15, 0.2) is 0 Å². The number of nitrogens with two attached hydrogens (primary N) is 1. The summed E-state index contributed by atoms with van der Waals surface area (Å²) in [7, 11) is 0. The zero-order valence-corrected chi connectivity index (χ0v) is 8.31. The van der Waals surface area contributed by atoms with Crippen LogP contribution in [0.4, 0.5) is 0 Å². The Morgan fingerprint density at radius 2 is 2.36 bits per heavy atom. The van der Waals surface area contributed by atoms with E-state index >= 15 is 0 Å². The highest BCUT2D eigenvalue weighted by Gasteiger charge is 1.98. The molecule has 1 atom stereocenters. The Bertz CT molecular complexity index is 259. The lowest BCUT2D eigenvalue weighted by molar-refractivity contribution is 0.155. The molecule has 78 valence electrons. The molecule has 4 nitrogen and oxygen atoms in total. The number of aliphatic hydroxyl groups excluding tert-OH is 1. The Hall–Kier alpha value is -1.13. The highest BCUT2D eigenvalue weighted by Crippen LogP contribution is 2.09. The Kier molecular flexibility index (Phi) is 4.35. The summed E-state index contributed by atoms with van der Waals surface area (Å²) in [6.07, 6.45) is 1.94. The van der Waals surface area contributed by atoms with E-state index in [9.17, 15) is 0 Å². The van der Waals surface area contributed by atoms with Crippen LogP contribution in [0.1, 0.15) is 19.0 Å². The Labute approximate surface area is 83.7 Å². The van der Waals surface area contributed by atoms with Crippen LogP contribution in [-0.4, -0.2) is 22.8 Å². The van der Waals surface area contributed by atoms with Crippen LogP contribution in [-0.2, 0) is 6.54 Å². The summed E-state index contributed by atoms with van der Waals surface area (Å²) in [6, 6.07) is 3.66. The minimum atomic E-state index is -0.328. The fraction of sp³-hybridized carbons (Fsp3) is 0.500. The summed E-state index contributed by atoms with van der Waals surface area (Å²) in [5.74, 6) is 0.711. The number of ether oxygens (including phenoxy) is 1. The molecule has 0 aliphatic rings. The molecule has 1 rings (SSSR count). The monoisotopic (exact) mass is 196 g/mol. The normalized spacial score (nSPS) is 12.5. The van der Waals surface area contributed by atoms with Crippen molar-refractivity contribution in [2.45, 2.75) is 26.0 Å². The fourth-order valence-corrected chi connectivity index (χ4v) is 0.964. The van der Waals surface area contributed by atoms with E-state index in [2.05, 4.69) is 4.98 Å². The van der Waals surface area contributed by atoms with Crippen molar-refractivity contribution in [1.82, 2.24) is 4.98 Å². The van der Waals surface area contributed by atoms with Crippen LogP contribution in [0.3, 0.4) is 0 Å². The minimum Gasteiger partial charge on any atom is -0.492 e. The molecule has 4 heteroatoms. The molecule has 0 aromatic carbocycles. The Morgan fingerprint density at radius 1 is 1.57 bits per heavy atom. The van der Waals surface area contributed by atoms with Crippen LogP contribution >= 0.6 is 0 Å². The van der Waals surface area contributed by atoms with Gasteiger partial charge in [-0.1, -0.05) is 0 Å². The maximum Gasteiger partial charge on any atom is 0.137 e. The molecule has 0 bridgehead atoms. The largest absolute Gasteiger partial charge is 0.492 e. The Morgan fingerprint density at radius 3 is 2.86 bits per heavy atom. The Balaban J connectivity index is 2.36. The van der Waals surface area contributed by atoms with Gasteiger partial charge in [-0.05, 0) is 19.1 Å². The van der Waals surface area contributed by atoms with E-state index in [-0.39, 0.29) is 6.10 Å². The molecule has 1 unspecified atom stereocenters. The third kappa shape index (κ3) is 3.72. The van der Waals surface area contributed by atoms with Crippen LogP contribution in [0, 0.1) is 0 Å². The van der Waals surface area contributed by atoms with Gasteiger partial charge >= 0.3 is 0 Å². The van der Waals surface area contributed by atoms with Crippen LogP contribution < -0.4 is 10.5 Å². The molecule has 0 radical (unpaired) electrons. The molecular weight excluding hydrogens is 180 g/mol. The second-order valence-electron chi connectivity index (χ2n) is 3.18. The number of rotatable bonds is 5. The third-order valence-electron chi connectivity index (χ3n) is 1.81. The number of aromatic nitrogens is 1. The number of nitrogens with zero attached hydrogens (tertiary/aromatic N) is 1. The lowest BCUT2D eigenvalue weighted by Crippen LogP contribution is -2.07. The van der Waals surface area contributed by atoms with Crippen LogP contribution in [0.15, 0.2) is 18.3 Å². The fourth-order valence-electron chi connectivity index (χ4n) is 0.964. The van der Waals surface area contributed by atoms with E-state index in [0.29, 0.717) is 25.3 Å². The average molecular weight is 196 g/mol. The maximum atomic E-state index is 9.00. The summed E-state index contributed by atoms with van der Waals surface area (Å²) < 4.78 is 5.35. The minimum absolute atomic E-state index is 0.328. The van der Waals surface area contributed by atoms with Crippen molar-refractivity contribution in [3.05, 3.63) is 24.0 Å². The topological polar surface area (TPSA) is 68.4 Å². The molecule has 1 heterocycles. The average Bonchev–Trinajstić information content (AvgIpc) is 2.18. The summed E-state index contributed by atoms with van der Waals surface area (Å²) in [4.78, 5) is 4.08. The summed E-state index contributed by atoms with van der Waals surface area (Å²) in [5.41, 5.74) is 6.24. The lowest BCUT2D eigenvalue weighted by atomic mass is 10.3.